The van der Waals surface area contributed by atoms with Crippen molar-refractivity contribution < 1.29 is 9.32 Å². The van der Waals surface area contributed by atoms with Crippen molar-refractivity contribution in [3.63, 3.8) is 0 Å². The van der Waals surface area contributed by atoms with Crippen LogP contribution < -0.4 is 5.32 Å². The first-order valence-corrected chi connectivity index (χ1v) is 6.78. The summed E-state index contributed by atoms with van der Waals surface area (Å²) in [5, 5.41) is 7.16. The fourth-order valence-corrected chi connectivity index (χ4v) is 2.89. The van der Waals surface area contributed by atoms with Gasteiger partial charge in [0.15, 0.2) is 11.5 Å². The van der Waals surface area contributed by atoms with E-state index in [2.05, 4.69) is 10.5 Å². The van der Waals surface area contributed by atoms with E-state index >= 15 is 0 Å². The topological polar surface area (TPSA) is 58.4 Å². The summed E-state index contributed by atoms with van der Waals surface area (Å²) in [7, 11) is 0. The van der Waals surface area contributed by atoms with Gasteiger partial charge >= 0.3 is 0 Å². The van der Waals surface area contributed by atoms with E-state index in [4.69, 9.17) is 4.52 Å². The molecule has 1 amide bonds. The Labute approximate surface area is 116 Å². The maximum atomic E-state index is 12.3. The van der Waals surface area contributed by atoms with Gasteiger partial charge in [-0.1, -0.05) is 35.5 Å². The molecule has 4 rings (SSSR count). The number of benzene rings is 1. The van der Waals surface area contributed by atoms with Gasteiger partial charge in [0, 0.05) is 43.2 Å². The number of nitrogens with zero attached hydrogens (tertiary/aromatic N) is 2. The lowest BCUT2D eigenvalue weighted by molar-refractivity contribution is -0.0253. The van der Waals surface area contributed by atoms with Crippen LogP contribution in [0.5, 0.6) is 0 Å². The highest BCUT2D eigenvalue weighted by molar-refractivity contribution is 5.93. The Bertz CT molecular complexity index is 638. The van der Waals surface area contributed by atoms with Crippen LogP contribution in [0, 0.1) is 5.41 Å². The van der Waals surface area contributed by atoms with Gasteiger partial charge in [-0.2, -0.15) is 0 Å². The minimum Gasteiger partial charge on any atom is -0.355 e. The molecule has 0 bridgehead atoms. The third-order valence-corrected chi connectivity index (χ3v) is 4.13. The molecule has 5 nitrogen and oxygen atoms in total. The predicted molar refractivity (Wildman–Crippen MR) is 73.1 cm³/mol. The molecule has 20 heavy (non-hydrogen) atoms. The van der Waals surface area contributed by atoms with Crippen LogP contribution in [0.3, 0.4) is 0 Å². The molecule has 0 radical (unpaired) electrons. The second kappa shape index (κ2) is 4.18. The lowest BCUT2D eigenvalue weighted by Gasteiger charge is -2.55. The van der Waals surface area contributed by atoms with Crippen LogP contribution in [0.2, 0.25) is 0 Å². The maximum Gasteiger partial charge on any atom is 0.276 e. The molecule has 2 aliphatic heterocycles. The Morgan fingerprint density at radius 1 is 1.25 bits per heavy atom. The van der Waals surface area contributed by atoms with Gasteiger partial charge in [-0.3, -0.25) is 4.79 Å². The van der Waals surface area contributed by atoms with Gasteiger partial charge in [-0.15, -0.1) is 0 Å². The first kappa shape index (κ1) is 11.7. The normalized spacial score (nSPS) is 19.5. The van der Waals surface area contributed by atoms with E-state index in [9.17, 15) is 4.79 Å². The van der Waals surface area contributed by atoms with Gasteiger partial charge in [0.25, 0.3) is 5.91 Å². The minimum atomic E-state index is -0.0338. The molecular weight excluding hydrogens is 254 g/mol. The Morgan fingerprint density at radius 2 is 2.00 bits per heavy atom. The summed E-state index contributed by atoms with van der Waals surface area (Å²) in [6.07, 6.45) is 0. The number of aromatic nitrogens is 1. The van der Waals surface area contributed by atoms with Crippen molar-refractivity contribution in [3.8, 4) is 11.3 Å². The molecule has 2 fully saturated rings. The zero-order chi connectivity index (χ0) is 13.6. The first-order chi connectivity index (χ1) is 9.76. The zero-order valence-corrected chi connectivity index (χ0v) is 11.0. The van der Waals surface area contributed by atoms with Gasteiger partial charge in [0.2, 0.25) is 0 Å². The van der Waals surface area contributed by atoms with E-state index in [1.54, 1.807) is 6.07 Å². The molecule has 2 aromatic rings. The van der Waals surface area contributed by atoms with Crippen LogP contribution in [-0.4, -0.2) is 42.1 Å². The van der Waals surface area contributed by atoms with Crippen molar-refractivity contribution in [3.05, 3.63) is 42.1 Å². The molecule has 0 unspecified atom stereocenters. The summed E-state index contributed by atoms with van der Waals surface area (Å²) >= 11 is 0. The first-order valence-electron chi connectivity index (χ1n) is 6.78. The second-order valence-electron chi connectivity index (χ2n) is 5.71. The summed E-state index contributed by atoms with van der Waals surface area (Å²) in [5.41, 5.74) is 1.66. The fraction of sp³-hybridized carbons (Fsp3) is 0.333. The summed E-state index contributed by atoms with van der Waals surface area (Å²) in [5.74, 6) is 0.600. The third-order valence-electron chi connectivity index (χ3n) is 4.13. The van der Waals surface area contributed by atoms with Crippen LogP contribution in [-0.2, 0) is 0 Å². The van der Waals surface area contributed by atoms with Crippen LogP contribution in [0.15, 0.2) is 40.9 Å². The van der Waals surface area contributed by atoms with E-state index in [0.717, 1.165) is 31.7 Å². The highest BCUT2D eigenvalue weighted by atomic mass is 16.5. The lowest BCUT2D eigenvalue weighted by atomic mass is 9.74. The number of nitrogens with one attached hydrogen (secondary N) is 1. The largest absolute Gasteiger partial charge is 0.355 e. The number of amides is 1. The lowest BCUT2D eigenvalue weighted by Crippen LogP contribution is -2.71. The number of carbonyl (C=O) groups is 1. The van der Waals surface area contributed by atoms with Gasteiger partial charge in [-0.25, -0.2) is 0 Å². The summed E-state index contributed by atoms with van der Waals surface area (Å²) in [4.78, 5) is 14.1. The molecule has 5 heteroatoms. The Kier molecular flexibility index (Phi) is 2.44. The van der Waals surface area contributed by atoms with E-state index in [1.807, 2.05) is 35.2 Å². The molecular formula is C15H15N3O2. The third kappa shape index (κ3) is 1.74. The van der Waals surface area contributed by atoms with Crippen molar-refractivity contribution in [1.82, 2.24) is 15.4 Å². The average Bonchev–Trinajstić information content (AvgIpc) is 2.86. The Balaban J connectivity index is 1.49. The van der Waals surface area contributed by atoms with E-state index in [-0.39, 0.29) is 5.91 Å². The highest BCUT2D eigenvalue weighted by Crippen LogP contribution is 2.35. The molecule has 2 aliphatic rings. The number of likely N-dealkylation sites (tertiary alicyclic amines) is 1. The number of carbonyl (C=O) groups excluding carboxylic acids is 1. The molecule has 2 saturated heterocycles. The minimum absolute atomic E-state index is 0.0338. The van der Waals surface area contributed by atoms with Crippen molar-refractivity contribution in [2.75, 3.05) is 26.2 Å². The van der Waals surface area contributed by atoms with Gasteiger partial charge in [0.1, 0.15) is 0 Å². The van der Waals surface area contributed by atoms with Gasteiger partial charge in [-0.05, 0) is 0 Å². The molecule has 3 heterocycles. The monoisotopic (exact) mass is 269 g/mol. The summed E-state index contributed by atoms with van der Waals surface area (Å²) in [6.45, 7) is 3.69. The quantitative estimate of drug-likeness (QED) is 0.895. The molecule has 1 aromatic carbocycles. The number of hydrogen-bond acceptors (Lipinski definition) is 4. The van der Waals surface area contributed by atoms with E-state index in [0.29, 0.717) is 16.9 Å². The fourth-order valence-electron chi connectivity index (χ4n) is 2.89. The Morgan fingerprint density at radius 3 is 2.65 bits per heavy atom. The van der Waals surface area contributed by atoms with Crippen molar-refractivity contribution >= 4 is 5.91 Å². The van der Waals surface area contributed by atoms with Gasteiger partial charge in [0.05, 0.1) is 0 Å². The van der Waals surface area contributed by atoms with Crippen molar-refractivity contribution in [2.45, 2.75) is 0 Å². The second-order valence-corrected chi connectivity index (χ2v) is 5.71. The molecule has 1 spiro atoms. The molecule has 0 atom stereocenters. The van der Waals surface area contributed by atoms with Crippen LogP contribution in [0.25, 0.3) is 11.3 Å². The molecule has 1 aromatic heterocycles. The molecule has 0 aliphatic carbocycles. The van der Waals surface area contributed by atoms with Crippen molar-refractivity contribution in [2.24, 2.45) is 5.41 Å². The highest BCUT2D eigenvalue weighted by Gasteiger charge is 2.49. The van der Waals surface area contributed by atoms with Crippen LogP contribution in [0.4, 0.5) is 0 Å². The average molecular weight is 269 g/mol. The maximum absolute atomic E-state index is 12.3. The molecule has 102 valence electrons. The van der Waals surface area contributed by atoms with E-state index < -0.39 is 0 Å². The molecule has 0 saturated carbocycles. The van der Waals surface area contributed by atoms with Gasteiger partial charge < -0.3 is 14.7 Å². The van der Waals surface area contributed by atoms with Crippen LogP contribution >= 0.6 is 0 Å². The smallest absolute Gasteiger partial charge is 0.276 e. The number of hydrogen-bond donors (Lipinski definition) is 1. The SMILES string of the molecule is O=C(c1cc(-c2ccccc2)on1)N1CC2(CNC2)C1. The van der Waals surface area contributed by atoms with Crippen LogP contribution in [0.1, 0.15) is 10.5 Å². The zero-order valence-electron chi connectivity index (χ0n) is 11.0. The summed E-state index contributed by atoms with van der Waals surface area (Å²) < 4.78 is 5.27. The Hall–Kier alpha value is -2.14. The summed E-state index contributed by atoms with van der Waals surface area (Å²) in [6, 6.07) is 11.4. The number of rotatable bonds is 2. The molecule has 1 N–H and O–H groups in total. The van der Waals surface area contributed by atoms with E-state index in [1.165, 1.54) is 0 Å². The van der Waals surface area contributed by atoms with Crippen molar-refractivity contribution in [1.29, 1.82) is 0 Å². The predicted octanol–water partition coefficient (Wildman–Crippen LogP) is 1.39. The standard InChI is InChI=1S/C15H15N3O2/c19-14(18-9-15(10-18)7-16-8-15)12-6-13(20-17-12)11-4-2-1-3-5-11/h1-6,16H,7-10H2.